The van der Waals surface area contributed by atoms with Crippen LogP contribution < -0.4 is 31.8 Å². The number of rotatable bonds is 12. The number of thiophene rings is 1. The molecule has 0 N–H and O–H groups in total. The maximum atomic E-state index is 3.12. The Morgan fingerprint density at radius 2 is 0.672 bits per heavy atom. The molecule has 0 aliphatic rings. The van der Waals surface area contributed by atoms with E-state index in [9.17, 15) is 0 Å². The van der Waals surface area contributed by atoms with Crippen molar-refractivity contribution in [1.29, 1.82) is 0 Å². The topological polar surface area (TPSA) is 0 Å². The monoisotopic (exact) mass is 1000 g/mol. The summed E-state index contributed by atoms with van der Waals surface area (Å²) in [5.41, 5.74) is 0.0756. The molecule has 1 heterocycles. The Labute approximate surface area is 366 Å². The fourth-order valence-corrected chi connectivity index (χ4v) is 17.3. The van der Waals surface area contributed by atoms with E-state index in [-0.39, 0.29) is 25.5 Å². The Kier molecular flexibility index (Phi) is 15.0. The van der Waals surface area contributed by atoms with Crippen molar-refractivity contribution < 1.29 is 20.1 Å². The van der Waals surface area contributed by atoms with Gasteiger partial charge in [0.2, 0.25) is 0 Å². The van der Waals surface area contributed by atoms with Crippen molar-refractivity contribution >= 4 is 87.1 Å². The van der Waals surface area contributed by atoms with Crippen LogP contribution in [0.4, 0.5) is 0 Å². The average molecular weight is 1000 g/mol. The summed E-state index contributed by atoms with van der Waals surface area (Å²) in [4.78, 5) is 0. The van der Waals surface area contributed by atoms with Gasteiger partial charge in [0.1, 0.15) is 0 Å². The van der Waals surface area contributed by atoms with E-state index in [0.29, 0.717) is 0 Å². The molecule has 0 saturated heterocycles. The molecule has 0 fully saturated rings. The van der Waals surface area contributed by atoms with Crippen molar-refractivity contribution in [3.05, 3.63) is 231 Å². The minimum atomic E-state index is -0.555. The van der Waals surface area contributed by atoms with Gasteiger partial charge in [-0.2, -0.15) is 35.6 Å². The van der Waals surface area contributed by atoms with E-state index in [2.05, 4.69) is 231 Å². The minimum Gasteiger partial charge on any atom is -0.183 e. The largest absolute Gasteiger partial charge is 0.183 e. The van der Waals surface area contributed by atoms with Crippen molar-refractivity contribution in [2.45, 2.75) is 6.92 Å². The first-order valence-electron chi connectivity index (χ1n) is 19.5. The van der Waals surface area contributed by atoms with Gasteiger partial charge in [0.05, 0.1) is 0 Å². The molecule has 1 radical (unpaired) electrons. The van der Waals surface area contributed by atoms with Crippen molar-refractivity contribution in [2.24, 2.45) is 5.41 Å². The quantitative estimate of drug-likeness (QED) is 0.0845. The number of hydrogen-bond donors (Lipinski definition) is 0. The van der Waals surface area contributed by atoms with Crippen molar-refractivity contribution in [3.8, 4) is 0 Å². The van der Waals surface area contributed by atoms with Crippen molar-refractivity contribution in [1.82, 2.24) is 0 Å². The van der Waals surface area contributed by atoms with Crippen LogP contribution in [0.2, 0.25) is 0 Å². The van der Waals surface area contributed by atoms with E-state index in [1.807, 2.05) is 17.4 Å². The Morgan fingerprint density at radius 1 is 0.379 bits per heavy atom. The van der Waals surface area contributed by atoms with E-state index in [0.717, 1.165) is 18.5 Å². The third kappa shape index (κ3) is 10.6. The van der Waals surface area contributed by atoms with Gasteiger partial charge < -0.3 is 0 Å². The molecule has 0 bridgehead atoms. The van der Waals surface area contributed by atoms with E-state index in [1.165, 1.54) is 52.0 Å². The van der Waals surface area contributed by atoms with E-state index in [1.54, 1.807) is 0 Å². The summed E-state index contributed by atoms with van der Waals surface area (Å²) < 4.78 is 2.71. The molecule has 0 saturated carbocycles. The molecule has 8 aromatic carbocycles. The molecule has 58 heavy (non-hydrogen) atoms. The normalized spacial score (nSPS) is 11.4. The summed E-state index contributed by atoms with van der Waals surface area (Å²) in [6.45, 7) is 2.61. The van der Waals surface area contributed by atoms with Crippen LogP contribution in [0.25, 0.3) is 20.2 Å². The van der Waals surface area contributed by atoms with E-state index in [4.69, 9.17) is 0 Å². The SMILES string of the molecule is CC(CP(c1ccccc1)c1ccccc1)(CP(c1ccccc1)c1ccccc1)CP(c1ccccc1)c1ccccc1.[Ir].[c-]1ccc2sc3ccccc3c2c1. The van der Waals surface area contributed by atoms with Gasteiger partial charge in [0.25, 0.3) is 0 Å². The van der Waals surface area contributed by atoms with Gasteiger partial charge in [-0.1, -0.05) is 217 Å². The zero-order valence-electron chi connectivity index (χ0n) is 32.6. The second-order valence-electron chi connectivity index (χ2n) is 14.6. The summed E-state index contributed by atoms with van der Waals surface area (Å²) in [7, 11) is -1.66. The first kappa shape index (κ1) is 42.1. The minimum absolute atomic E-state index is 0. The van der Waals surface area contributed by atoms with Crippen molar-refractivity contribution in [2.75, 3.05) is 18.5 Å². The van der Waals surface area contributed by atoms with Gasteiger partial charge in [-0.3, -0.25) is 0 Å². The molecule has 1 aromatic heterocycles. The summed E-state index contributed by atoms with van der Waals surface area (Å²) in [6.07, 6.45) is 3.44. The Hall–Kier alpha value is -4.08. The second kappa shape index (κ2) is 20.7. The fourth-order valence-electron chi connectivity index (χ4n) is 7.55. The predicted molar refractivity (Wildman–Crippen MR) is 258 cm³/mol. The van der Waals surface area contributed by atoms with Crippen LogP contribution in [0, 0.1) is 11.5 Å². The molecule has 0 spiro atoms. The van der Waals surface area contributed by atoms with Crippen LogP contribution in [-0.2, 0) is 20.1 Å². The summed E-state index contributed by atoms with van der Waals surface area (Å²) >= 11 is 1.84. The van der Waals surface area contributed by atoms with Crippen LogP contribution in [0.1, 0.15) is 6.92 Å². The molecule has 0 aliphatic carbocycles. The van der Waals surface area contributed by atoms with Gasteiger partial charge in [0.15, 0.2) is 0 Å². The second-order valence-corrected chi connectivity index (χ2v) is 22.3. The third-order valence-electron chi connectivity index (χ3n) is 10.2. The van der Waals surface area contributed by atoms with Crippen molar-refractivity contribution in [3.63, 3.8) is 0 Å². The third-order valence-corrected chi connectivity index (χ3v) is 20.2. The molecule has 9 rings (SSSR count). The van der Waals surface area contributed by atoms with E-state index < -0.39 is 23.8 Å². The Morgan fingerprint density at radius 3 is 1.02 bits per heavy atom. The zero-order valence-corrected chi connectivity index (χ0v) is 38.5. The van der Waals surface area contributed by atoms with Gasteiger partial charge in [-0.05, 0) is 85.6 Å². The molecule has 289 valence electrons. The summed E-state index contributed by atoms with van der Waals surface area (Å²) in [5.74, 6) is 0. The summed E-state index contributed by atoms with van der Waals surface area (Å²) in [6, 6.07) is 85.5. The van der Waals surface area contributed by atoms with Crippen LogP contribution in [0.15, 0.2) is 224 Å². The van der Waals surface area contributed by atoms with Crippen LogP contribution >= 0.6 is 35.1 Å². The molecular formula is C53H46IrP3S-. The number of benzene rings is 8. The zero-order chi connectivity index (χ0) is 38.7. The van der Waals surface area contributed by atoms with Gasteiger partial charge in [-0.15, -0.1) is 5.39 Å². The molecule has 5 heteroatoms. The first-order chi connectivity index (χ1) is 28.1. The Bertz CT molecular complexity index is 2190. The molecular weight excluding hydrogens is 954 g/mol. The molecule has 0 atom stereocenters. The molecule has 0 unspecified atom stereocenters. The van der Waals surface area contributed by atoms with Crippen LogP contribution in [0.3, 0.4) is 0 Å². The van der Waals surface area contributed by atoms with E-state index >= 15 is 0 Å². The summed E-state index contributed by atoms with van der Waals surface area (Å²) in [5, 5.41) is 11.5. The molecule has 0 aliphatic heterocycles. The predicted octanol–water partition coefficient (Wildman–Crippen LogP) is 12.2. The van der Waals surface area contributed by atoms with Gasteiger partial charge in [-0.25, -0.2) is 0 Å². The average Bonchev–Trinajstić information content (AvgIpc) is 3.68. The number of hydrogen-bond acceptors (Lipinski definition) is 1. The maximum absolute atomic E-state index is 3.12. The van der Waals surface area contributed by atoms with Gasteiger partial charge >= 0.3 is 0 Å². The molecule has 0 nitrogen and oxygen atoms in total. The smallest absolute Gasteiger partial charge is 0.0211 e. The standard InChI is InChI=1S/C41H39P3.C12H7S.Ir/c1-41(32-42(35-20-8-2-9-21-35)36-22-10-3-11-23-36,33-43(37-24-12-4-13-25-37)38-26-14-5-15-27-38)34-44(39-28-16-6-17-29-39)40-30-18-7-19-31-40;1-3-7-11-9(5-1)10-6-2-4-8-12(10)13-11;/h2-31H,32-34H2,1H3;1,3-8H;/q;-1;. The molecule has 9 aromatic rings. The first-order valence-corrected chi connectivity index (χ1v) is 24.9. The fraction of sp³-hybridized carbons (Fsp3) is 0.0943. The molecule has 0 amide bonds. The number of fused-ring (bicyclic) bond motifs is 3. The van der Waals surface area contributed by atoms with Crippen LogP contribution in [0.5, 0.6) is 0 Å². The maximum Gasteiger partial charge on any atom is 0.0211 e. The Balaban J connectivity index is 0.000000307. The van der Waals surface area contributed by atoms with Gasteiger partial charge in [0, 0.05) is 24.8 Å². The van der Waals surface area contributed by atoms with Crippen LogP contribution in [-0.4, -0.2) is 18.5 Å².